The minimum Gasteiger partial charge on any atom is -0.464 e. The number of hydrogen-bond donors (Lipinski definition) is 1. The molecule has 0 spiro atoms. The molecule has 0 heterocycles. The molecule has 0 aromatic rings. The number of carbonyl (C=O) groups excluding carboxylic acids is 1. The van der Waals surface area contributed by atoms with Crippen molar-refractivity contribution in [3.63, 3.8) is 0 Å². The zero-order chi connectivity index (χ0) is 17.7. The summed E-state index contributed by atoms with van der Waals surface area (Å²) in [5, 5.41) is 0. The van der Waals surface area contributed by atoms with Crippen molar-refractivity contribution in [1.29, 1.82) is 0 Å². The van der Waals surface area contributed by atoms with Crippen LogP contribution in [0.1, 0.15) is 92.4 Å². The molecule has 2 N–H and O–H groups in total. The van der Waals surface area contributed by atoms with Crippen molar-refractivity contribution in [1.82, 2.24) is 0 Å². The molecule has 0 saturated carbocycles. The van der Waals surface area contributed by atoms with Gasteiger partial charge in [-0.3, -0.25) is 4.79 Å². The van der Waals surface area contributed by atoms with Crippen molar-refractivity contribution in [3.8, 4) is 0 Å². The summed E-state index contributed by atoms with van der Waals surface area (Å²) in [5.74, 6) is -0.203. The molecule has 23 heavy (non-hydrogen) atoms. The van der Waals surface area contributed by atoms with Crippen molar-refractivity contribution in [2.24, 2.45) is 5.73 Å². The smallest absolute Gasteiger partial charge is 0.305 e. The van der Waals surface area contributed by atoms with Crippen LogP contribution in [0.25, 0.3) is 0 Å². The summed E-state index contributed by atoms with van der Waals surface area (Å²) in [6.07, 6.45) is 10.1. The minimum atomic E-state index is -0.259. The maximum atomic E-state index is 11.3. The summed E-state index contributed by atoms with van der Waals surface area (Å²) in [5.41, 5.74) is 5.97. The number of hydrogen-bond acceptors (Lipinski definition) is 4. The van der Waals surface area contributed by atoms with Crippen LogP contribution in [0.4, 0.5) is 0 Å². The van der Waals surface area contributed by atoms with Gasteiger partial charge >= 0.3 is 5.97 Å². The monoisotopic (exact) mass is 329 g/mol. The molecule has 0 aliphatic heterocycles. The second-order valence-electron chi connectivity index (χ2n) is 7.38. The average Bonchev–Trinajstić information content (AvgIpc) is 2.48. The third-order valence-corrected chi connectivity index (χ3v) is 3.80. The van der Waals surface area contributed by atoms with Gasteiger partial charge in [0.1, 0.15) is 6.61 Å². The molecule has 0 saturated heterocycles. The molecule has 2 atom stereocenters. The van der Waals surface area contributed by atoms with E-state index in [4.69, 9.17) is 15.2 Å². The molecule has 0 aliphatic rings. The molecular weight excluding hydrogens is 290 g/mol. The van der Waals surface area contributed by atoms with Crippen molar-refractivity contribution in [2.45, 2.75) is 110 Å². The zero-order valence-corrected chi connectivity index (χ0v) is 16.0. The molecular formula is C19H39NO3. The van der Waals surface area contributed by atoms with Gasteiger partial charge in [0, 0.05) is 6.42 Å². The highest BCUT2D eigenvalue weighted by molar-refractivity contribution is 5.68. The quantitative estimate of drug-likeness (QED) is 0.396. The van der Waals surface area contributed by atoms with E-state index in [0.717, 1.165) is 12.8 Å². The maximum Gasteiger partial charge on any atom is 0.305 e. The molecule has 0 bridgehead atoms. The van der Waals surface area contributed by atoms with E-state index < -0.39 is 0 Å². The molecule has 4 heteroatoms. The Labute approximate surface area is 143 Å². The first-order valence-corrected chi connectivity index (χ1v) is 9.39. The van der Waals surface area contributed by atoms with Gasteiger partial charge in [0.15, 0.2) is 0 Å². The summed E-state index contributed by atoms with van der Waals surface area (Å²) < 4.78 is 11.3. The lowest BCUT2D eigenvalue weighted by molar-refractivity contribution is -0.146. The minimum absolute atomic E-state index is 0.0599. The van der Waals surface area contributed by atoms with Crippen LogP contribution in [0.15, 0.2) is 0 Å². The third-order valence-electron chi connectivity index (χ3n) is 3.80. The molecule has 0 aromatic carbocycles. The van der Waals surface area contributed by atoms with E-state index in [9.17, 15) is 4.79 Å². The van der Waals surface area contributed by atoms with Gasteiger partial charge in [-0.2, -0.15) is 0 Å². The van der Waals surface area contributed by atoms with Gasteiger partial charge in [-0.15, -0.1) is 0 Å². The van der Waals surface area contributed by atoms with Crippen molar-refractivity contribution in [2.75, 3.05) is 6.61 Å². The third kappa shape index (κ3) is 13.5. The number of rotatable bonds is 13. The number of unbranched alkanes of at least 4 members (excludes halogenated alkanes) is 6. The first kappa shape index (κ1) is 22.4. The number of carbonyl (C=O) groups is 1. The lowest BCUT2D eigenvalue weighted by atomic mass is 10.0. The van der Waals surface area contributed by atoms with E-state index in [1.807, 2.05) is 20.8 Å². The van der Waals surface area contributed by atoms with Crippen molar-refractivity contribution in [3.05, 3.63) is 0 Å². The van der Waals surface area contributed by atoms with Gasteiger partial charge in [0.25, 0.3) is 0 Å². The lowest BCUT2D eigenvalue weighted by Gasteiger charge is -2.31. The van der Waals surface area contributed by atoms with Crippen LogP contribution in [-0.2, 0) is 14.3 Å². The van der Waals surface area contributed by atoms with Gasteiger partial charge in [-0.05, 0) is 27.2 Å². The van der Waals surface area contributed by atoms with Crippen LogP contribution < -0.4 is 5.73 Å². The highest BCUT2D eigenvalue weighted by atomic mass is 16.5. The number of nitrogens with two attached hydrogens (primary N) is 1. The SMILES string of the molecule is CCCCCCCCCC(OC(C)(C)C)[C@@H](N)COC(=O)CC. The van der Waals surface area contributed by atoms with E-state index in [0.29, 0.717) is 6.42 Å². The van der Waals surface area contributed by atoms with Crippen LogP contribution in [0, 0.1) is 0 Å². The summed E-state index contributed by atoms with van der Waals surface area (Å²) in [6.45, 7) is 10.4. The molecule has 0 fully saturated rings. The first-order chi connectivity index (χ1) is 10.8. The summed E-state index contributed by atoms with van der Waals surface area (Å²) in [7, 11) is 0. The fourth-order valence-corrected chi connectivity index (χ4v) is 2.52. The molecule has 0 rings (SSSR count). The van der Waals surface area contributed by atoms with Gasteiger partial charge in [-0.1, -0.05) is 58.8 Å². The first-order valence-electron chi connectivity index (χ1n) is 9.39. The molecule has 4 nitrogen and oxygen atoms in total. The Kier molecular flexibility index (Phi) is 12.4. The summed E-state index contributed by atoms with van der Waals surface area (Å²) in [6, 6.07) is -0.259. The largest absolute Gasteiger partial charge is 0.464 e. The van der Waals surface area contributed by atoms with Crippen LogP contribution in [0.3, 0.4) is 0 Å². The van der Waals surface area contributed by atoms with Crippen LogP contribution >= 0.6 is 0 Å². The highest BCUT2D eigenvalue weighted by Gasteiger charge is 2.25. The number of esters is 1. The van der Waals surface area contributed by atoms with Gasteiger partial charge in [0.05, 0.1) is 17.7 Å². The summed E-state index contributed by atoms with van der Waals surface area (Å²) in [4.78, 5) is 11.3. The van der Waals surface area contributed by atoms with Crippen molar-refractivity contribution >= 4 is 5.97 Å². The van der Waals surface area contributed by atoms with Gasteiger partial charge in [0.2, 0.25) is 0 Å². The maximum absolute atomic E-state index is 11.3. The molecule has 1 unspecified atom stereocenters. The van der Waals surface area contributed by atoms with Gasteiger partial charge in [-0.25, -0.2) is 0 Å². The van der Waals surface area contributed by atoms with Crippen LogP contribution in [0.2, 0.25) is 0 Å². The predicted molar refractivity (Wildman–Crippen MR) is 96.5 cm³/mol. The fourth-order valence-electron chi connectivity index (χ4n) is 2.52. The predicted octanol–water partition coefficient (Wildman–Crippen LogP) is 4.59. The average molecular weight is 330 g/mol. The second kappa shape index (κ2) is 12.8. The molecule has 138 valence electrons. The number of ether oxygens (including phenoxy) is 2. The Morgan fingerprint density at radius 2 is 1.57 bits per heavy atom. The molecule has 0 aliphatic carbocycles. The topological polar surface area (TPSA) is 61.6 Å². The molecule has 0 aromatic heterocycles. The Balaban J connectivity index is 4.16. The van der Waals surface area contributed by atoms with E-state index in [2.05, 4.69) is 6.92 Å². The van der Waals surface area contributed by atoms with E-state index in [1.54, 1.807) is 6.92 Å². The Morgan fingerprint density at radius 3 is 2.09 bits per heavy atom. The molecule has 0 amide bonds. The molecule has 0 radical (unpaired) electrons. The Morgan fingerprint density at radius 1 is 1.00 bits per heavy atom. The summed E-state index contributed by atoms with van der Waals surface area (Å²) >= 11 is 0. The van der Waals surface area contributed by atoms with Crippen molar-refractivity contribution < 1.29 is 14.3 Å². The highest BCUT2D eigenvalue weighted by Crippen LogP contribution is 2.19. The Bertz CT molecular complexity index is 299. The van der Waals surface area contributed by atoms with Crippen LogP contribution in [-0.4, -0.2) is 30.3 Å². The standard InChI is InChI=1S/C19H39NO3/c1-6-8-9-10-11-12-13-14-17(23-19(3,4)5)16(20)15-22-18(21)7-2/h16-17H,6-15,20H2,1-5H3/t16-,17?/m0/s1. The van der Waals surface area contributed by atoms with E-state index in [1.165, 1.54) is 38.5 Å². The lowest BCUT2D eigenvalue weighted by Crippen LogP contribution is -2.44. The fraction of sp³-hybridized carbons (Fsp3) is 0.947. The van der Waals surface area contributed by atoms with E-state index in [-0.39, 0.29) is 30.3 Å². The normalized spacial score (nSPS) is 14.5. The van der Waals surface area contributed by atoms with Crippen LogP contribution in [0.5, 0.6) is 0 Å². The van der Waals surface area contributed by atoms with E-state index >= 15 is 0 Å². The zero-order valence-electron chi connectivity index (χ0n) is 16.0. The Hall–Kier alpha value is -0.610. The van der Waals surface area contributed by atoms with Gasteiger partial charge < -0.3 is 15.2 Å². The second-order valence-corrected chi connectivity index (χ2v) is 7.38.